The summed E-state index contributed by atoms with van der Waals surface area (Å²) in [5, 5.41) is 9.11. The van der Waals surface area contributed by atoms with Crippen molar-refractivity contribution in [2.24, 2.45) is 0 Å². The van der Waals surface area contributed by atoms with E-state index >= 15 is 0 Å². The summed E-state index contributed by atoms with van der Waals surface area (Å²) in [6.45, 7) is -0.412. The first-order valence-electron chi connectivity index (χ1n) is 13.6. The fourth-order valence-electron chi connectivity index (χ4n) is 5.88. The van der Waals surface area contributed by atoms with Crippen LogP contribution in [0.1, 0.15) is 47.4 Å². The number of anilines is 2. The zero-order valence-corrected chi connectivity index (χ0v) is 25.7. The quantitative estimate of drug-likeness (QED) is 0.128. The lowest BCUT2D eigenvalue weighted by Gasteiger charge is -2.27. The molecule has 1 saturated heterocycles. The van der Waals surface area contributed by atoms with Crippen molar-refractivity contribution in [1.29, 1.82) is 0 Å². The van der Waals surface area contributed by atoms with E-state index in [2.05, 4.69) is 84.0 Å². The molecule has 1 N–H and O–H groups in total. The Kier molecular flexibility index (Phi) is 9.62. The van der Waals surface area contributed by atoms with E-state index in [1.165, 1.54) is 33.8 Å². The third-order valence-electron chi connectivity index (χ3n) is 7.74. The maximum Gasteiger partial charge on any atom is 0.373 e. The number of thiocarbonyl (C=S) groups is 1. The molecule has 0 bridgehead atoms. The van der Waals surface area contributed by atoms with E-state index in [0.29, 0.717) is 16.9 Å². The lowest BCUT2D eigenvalue weighted by Crippen LogP contribution is -2.33. The van der Waals surface area contributed by atoms with Gasteiger partial charge in [-0.15, -0.1) is 11.8 Å². The Morgan fingerprint density at radius 1 is 1.02 bits per heavy atom. The number of amides is 1. The molecule has 2 heterocycles. The van der Waals surface area contributed by atoms with Gasteiger partial charge in [-0.05, 0) is 83.8 Å². The normalized spacial score (nSPS) is 19.8. The number of carboxylic acid groups (broad SMARTS) is 1. The fourth-order valence-corrected chi connectivity index (χ4v) is 7.54. The number of carboxylic acids is 1. The minimum absolute atomic E-state index is 0.250. The number of carbonyl (C=O) groups excluding carboxylic acids is 3. The highest BCUT2D eigenvalue weighted by atomic mass is 32.2. The summed E-state index contributed by atoms with van der Waals surface area (Å²) in [6, 6.07) is 24.2. The van der Waals surface area contributed by atoms with Crippen LogP contribution in [0.5, 0.6) is 0 Å². The van der Waals surface area contributed by atoms with Crippen molar-refractivity contribution in [1.82, 2.24) is 4.90 Å². The average molecular weight is 629 g/mol. The molecule has 1 saturated carbocycles. The van der Waals surface area contributed by atoms with Crippen LogP contribution in [0.15, 0.2) is 76.5 Å². The molecule has 2 fully saturated rings. The average Bonchev–Trinajstić information content (AvgIpc) is 3.67. The third kappa shape index (κ3) is 6.68. The molecule has 0 radical (unpaired) electrons. The van der Waals surface area contributed by atoms with Gasteiger partial charge in [-0.2, -0.15) is 9.59 Å². The molecule has 7 nitrogen and oxygen atoms in total. The molecule has 218 valence electrons. The SMILES string of the molecule is CSc1ccc(C=Cc2ccc(N3c4ccc(/C=C5\SC(=S)N(CC(=O)O)C5=O)cc4C4CCCC43)cc2)cc1.O=C=O. The number of nitrogens with zero attached hydrogens (tertiary/aromatic N) is 2. The van der Waals surface area contributed by atoms with Crippen molar-refractivity contribution in [3.63, 3.8) is 0 Å². The van der Waals surface area contributed by atoms with Crippen LogP contribution in [0.3, 0.4) is 0 Å². The number of aliphatic carboxylic acids is 1. The first kappa shape index (κ1) is 30.5. The predicted molar refractivity (Wildman–Crippen MR) is 175 cm³/mol. The highest BCUT2D eigenvalue weighted by molar-refractivity contribution is 8.26. The summed E-state index contributed by atoms with van der Waals surface area (Å²) in [5.41, 5.74) is 7.02. The molecule has 3 aromatic rings. The van der Waals surface area contributed by atoms with Crippen molar-refractivity contribution in [3.8, 4) is 0 Å². The second-order valence-corrected chi connectivity index (χ2v) is 12.8. The first-order chi connectivity index (χ1) is 20.8. The number of fused-ring (bicyclic) bond motifs is 3. The van der Waals surface area contributed by atoms with Gasteiger partial charge in [-0.1, -0.05) is 72.9 Å². The Bertz CT molecular complexity index is 1640. The molecule has 10 heteroatoms. The molecule has 1 aliphatic carbocycles. The number of carbonyl (C=O) groups is 2. The van der Waals surface area contributed by atoms with Crippen LogP contribution in [-0.4, -0.2) is 51.2 Å². The predicted octanol–water partition coefficient (Wildman–Crippen LogP) is 7.07. The molecule has 2 atom stereocenters. The standard InChI is InChI=1S/C32H28N2O3S3.CO2/c1-39-24-14-9-21(10-15-24)6-5-20-7-12-23(13-8-20)34-27-4-2-3-25(27)26-17-22(11-16-28(26)34)18-29-31(37)33(19-30(35)36)32(38)40-29;2-1-3/h5-18,25,27H,2-4,19H2,1H3,(H,35,36);/b6-5?,29-18-;. The maximum absolute atomic E-state index is 12.8. The van der Waals surface area contributed by atoms with E-state index in [1.54, 1.807) is 11.8 Å². The summed E-state index contributed by atoms with van der Waals surface area (Å²) in [6.07, 6.45) is 12.0. The molecule has 1 amide bonds. The summed E-state index contributed by atoms with van der Waals surface area (Å²) in [4.78, 5) is 45.5. The second-order valence-electron chi connectivity index (χ2n) is 10.2. The highest BCUT2D eigenvalue weighted by Gasteiger charge is 2.42. The first-order valence-corrected chi connectivity index (χ1v) is 16.1. The van der Waals surface area contributed by atoms with E-state index in [0.717, 1.165) is 40.6 Å². The van der Waals surface area contributed by atoms with Gasteiger partial charge in [-0.25, -0.2) is 0 Å². The van der Waals surface area contributed by atoms with Crippen LogP contribution in [0.25, 0.3) is 18.2 Å². The molecule has 2 aliphatic heterocycles. The van der Waals surface area contributed by atoms with Crippen molar-refractivity contribution in [3.05, 3.63) is 93.9 Å². The summed E-state index contributed by atoms with van der Waals surface area (Å²) in [5.74, 6) is -0.967. The van der Waals surface area contributed by atoms with Crippen LogP contribution in [0.4, 0.5) is 11.4 Å². The van der Waals surface area contributed by atoms with E-state index < -0.39 is 12.5 Å². The Hall–Kier alpha value is -3.95. The van der Waals surface area contributed by atoms with Gasteiger partial charge in [0.2, 0.25) is 0 Å². The van der Waals surface area contributed by atoms with Gasteiger partial charge in [0.05, 0.1) is 4.91 Å². The zero-order valence-electron chi connectivity index (χ0n) is 23.3. The number of hydrogen-bond donors (Lipinski definition) is 1. The molecule has 43 heavy (non-hydrogen) atoms. The Morgan fingerprint density at radius 2 is 1.65 bits per heavy atom. The number of benzene rings is 3. The molecule has 2 unspecified atom stereocenters. The van der Waals surface area contributed by atoms with E-state index in [-0.39, 0.29) is 16.4 Å². The largest absolute Gasteiger partial charge is 0.480 e. The number of hydrogen-bond acceptors (Lipinski definition) is 8. The summed E-state index contributed by atoms with van der Waals surface area (Å²) >= 11 is 8.16. The zero-order chi connectivity index (χ0) is 30.5. The van der Waals surface area contributed by atoms with E-state index in [1.807, 2.05) is 12.1 Å². The maximum atomic E-state index is 12.8. The number of thioether (sulfide) groups is 2. The van der Waals surface area contributed by atoms with Gasteiger partial charge in [0.15, 0.2) is 0 Å². The van der Waals surface area contributed by atoms with Gasteiger partial charge in [-0.3, -0.25) is 14.5 Å². The Morgan fingerprint density at radius 3 is 2.28 bits per heavy atom. The molecule has 0 spiro atoms. The van der Waals surface area contributed by atoms with Gasteiger partial charge in [0.25, 0.3) is 5.91 Å². The molecule has 3 aliphatic rings. The minimum atomic E-state index is -1.08. The van der Waals surface area contributed by atoms with E-state index in [4.69, 9.17) is 26.9 Å². The van der Waals surface area contributed by atoms with Gasteiger partial charge in [0, 0.05) is 28.2 Å². The Balaban J connectivity index is 0.00000118. The fraction of sp³-hybridized carbons (Fsp3) is 0.212. The lowest BCUT2D eigenvalue weighted by molar-refractivity contribution is -0.191. The van der Waals surface area contributed by atoms with Crippen molar-refractivity contribution in [2.45, 2.75) is 36.1 Å². The monoisotopic (exact) mass is 628 g/mol. The van der Waals surface area contributed by atoms with Crippen LogP contribution < -0.4 is 4.90 Å². The van der Waals surface area contributed by atoms with Crippen LogP contribution in [-0.2, 0) is 19.2 Å². The van der Waals surface area contributed by atoms with Crippen molar-refractivity contribution in [2.75, 3.05) is 17.7 Å². The molecule has 3 aromatic carbocycles. The smallest absolute Gasteiger partial charge is 0.373 e. The number of rotatable bonds is 7. The van der Waals surface area contributed by atoms with Crippen LogP contribution >= 0.6 is 35.7 Å². The second kappa shape index (κ2) is 13.6. The topological polar surface area (TPSA) is 95.0 Å². The molecular weight excluding hydrogens is 601 g/mol. The van der Waals surface area contributed by atoms with Crippen LogP contribution in [0, 0.1) is 0 Å². The van der Waals surface area contributed by atoms with Crippen molar-refractivity contribution < 1.29 is 24.3 Å². The minimum Gasteiger partial charge on any atom is -0.480 e. The highest BCUT2D eigenvalue weighted by Crippen LogP contribution is 2.52. The van der Waals surface area contributed by atoms with Gasteiger partial charge in [0.1, 0.15) is 10.9 Å². The Labute approximate surface area is 263 Å². The molecule has 6 rings (SSSR count). The molecule has 0 aromatic heterocycles. The van der Waals surface area contributed by atoms with Gasteiger partial charge < -0.3 is 10.0 Å². The van der Waals surface area contributed by atoms with E-state index in [9.17, 15) is 9.59 Å². The van der Waals surface area contributed by atoms with Crippen molar-refractivity contribution >= 4 is 87.7 Å². The lowest BCUT2D eigenvalue weighted by atomic mass is 9.96. The van der Waals surface area contributed by atoms with Gasteiger partial charge >= 0.3 is 12.1 Å². The molecular formula is C33H28N2O5S3. The summed E-state index contributed by atoms with van der Waals surface area (Å²) < 4.78 is 0.286. The van der Waals surface area contributed by atoms with Crippen LogP contribution in [0.2, 0.25) is 0 Å². The third-order valence-corrected chi connectivity index (χ3v) is 9.86. The summed E-state index contributed by atoms with van der Waals surface area (Å²) in [7, 11) is 0.